The van der Waals surface area contributed by atoms with Gasteiger partial charge in [0.1, 0.15) is 44.6 Å². The van der Waals surface area contributed by atoms with Gasteiger partial charge < -0.3 is 32.6 Å². The Balaban J connectivity index is 0.000000150. The number of rotatable bonds is 14. The Morgan fingerprint density at radius 2 is 0.714 bits per heavy atom. The van der Waals surface area contributed by atoms with Crippen LogP contribution in [0.25, 0.3) is 0 Å². The smallest absolute Gasteiger partial charge is 0.157 e. The van der Waals surface area contributed by atoms with Crippen LogP contribution < -0.4 is 33.2 Å². The molecule has 0 amide bonds. The first-order valence-corrected chi connectivity index (χ1v) is 41.6. The van der Waals surface area contributed by atoms with Gasteiger partial charge in [0.15, 0.2) is 40.5 Å². The average Bonchev–Trinajstić information content (AvgIpc) is 1.36. The van der Waals surface area contributed by atoms with E-state index < -0.39 is 33.2 Å². The maximum atomic E-state index is 13.2. The van der Waals surface area contributed by atoms with Crippen molar-refractivity contribution in [3.63, 3.8) is 0 Å². The highest BCUT2D eigenvalue weighted by molar-refractivity contribution is 5.94. The summed E-state index contributed by atoms with van der Waals surface area (Å²) in [6, 6.07) is 60.8. The van der Waals surface area contributed by atoms with E-state index in [0.717, 1.165) is 187 Å². The van der Waals surface area contributed by atoms with E-state index in [9.17, 15) is 38.0 Å². The lowest BCUT2D eigenvalue weighted by Crippen LogP contribution is -2.52. The number of carbonyl (C=O) groups excluding carboxylic acids is 7. The number of hydrogen-bond acceptors (Lipinski definition) is 15. The van der Waals surface area contributed by atoms with Crippen molar-refractivity contribution in [2.75, 3.05) is 47.4 Å². The Hall–Kier alpha value is -8.16. The predicted octanol–water partition coefficient (Wildman–Crippen LogP) is 16.9. The zero-order valence-electron chi connectivity index (χ0n) is 67.8. The molecule has 1 heterocycles. The Labute approximate surface area is 666 Å². The zero-order chi connectivity index (χ0) is 80.3. The summed E-state index contributed by atoms with van der Waals surface area (Å²) in [7, 11) is 5.34. The number of halogens is 1. The molecule has 0 spiro atoms. The summed E-state index contributed by atoms with van der Waals surface area (Å²) in [5.41, 5.74) is 25.3. The first-order chi connectivity index (χ1) is 54.0. The fourth-order valence-electron chi connectivity index (χ4n) is 18.1. The van der Waals surface area contributed by atoms with Crippen molar-refractivity contribution in [2.45, 2.75) is 252 Å². The number of likely N-dealkylation sites (N-methyl/N-ethyl adjacent to an activating group) is 2. The molecule has 7 aromatic rings. The number of methoxy groups -OCH3 is 1. The number of nitrogens with one attached hydrogen (secondary N) is 3. The largest absolute Gasteiger partial charge is 0.383 e. The van der Waals surface area contributed by atoms with Crippen LogP contribution in [-0.2, 0) is 77.1 Å². The number of Topliss-reactive ketones (excluding diaryl/α,β-unsaturated/α-hetero) is 7. The Morgan fingerprint density at radius 3 is 1.14 bits per heavy atom. The van der Waals surface area contributed by atoms with Crippen LogP contribution in [0.5, 0.6) is 0 Å². The summed E-state index contributed by atoms with van der Waals surface area (Å²) < 4.78 is 18.3. The summed E-state index contributed by atoms with van der Waals surface area (Å²) in [4.78, 5) is 87.4. The molecule has 8 aliphatic rings. The molecule has 7 aromatic carbocycles. The summed E-state index contributed by atoms with van der Waals surface area (Å²) in [5.74, 6) is 1.57. The second kappa shape index (κ2) is 41.7. The molecular formula is C96H126FN7O8. The van der Waals surface area contributed by atoms with Crippen LogP contribution in [0.4, 0.5) is 4.39 Å². The molecule has 16 heteroatoms. The van der Waals surface area contributed by atoms with E-state index in [4.69, 9.17) is 21.9 Å². The number of ketones is 7. The van der Waals surface area contributed by atoms with E-state index in [2.05, 4.69) is 76.3 Å². The summed E-state index contributed by atoms with van der Waals surface area (Å²) in [6.07, 6.45) is 27.6. The summed E-state index contributed by atoms with van der Waals surface area (Å²) in [5, 5.41) is 9.78. The van der Waals surface area contributed by atoms with Crippen LogP contribution in [0.1, 0.15) is 248 Å². The van der Waals surface area contributed by atoms with Crippen LogP contribution in [0.15, 0.2) is 188 Å². The van der Waals surface area contributed by atoms with E-state index in [0.29, 0.717) is 69.0 Å². The third-order valence-electron chi connectivity index (χ3n) is 25.0. The van der Waals surface area contributed by atoms with Crippen LogP contribution in [-0.4, -0.2) is 92.8 Å². The van der Waals surface area contributed by atoms with Gasteiger partial charge in [-0.1, -0.05) is 232 Å². The molecule has 15 nitrogen and oxygen atoms in total. The highest BCUT2D eigenvalue weighted by atomic mass is 19.1. The molecule has 112 heavy (non-hydrogen) atoms. The molecule has 0 radical (unpaired) electrons. The van der Waals surface area contributed by atoms with E-state index in [1.807, 2.05) is 142 Å². The van der Waals surface area contributed by atoms with Gasteiger partial charge in [-0.05, 0) is 207 Å². The lowest BCUT2D eigenvalue weighted by atomic mass is 9.74. The molecule has 600 valence electrons. The maximum Gasteiger partial charge on any atom is 0.157 e. The molecule has 1 saturated heterocycles. The lowest BCUT2D eigenvalue weighted by molar-refractivity contribution is -0.134. The van der Waals surface area contributed by atoms with Crippen molar-refractivity contribution in [1.82, 2.24) is 20.9 Å². The predicted molar refractivity (Wildman–Crippen MR) is 447 cm³/mol. The van der Waals surface area contributed by atoms with Gasteiger partial charge in [-0.3, -0.25) is 43.8 Å². The van der Waals surface area contributed by atoms with Gasteiger partial charge in [-0.2, -0.15) is 0 Å². The van der Waals surface area contributed by atoms with E-state index in [1.54, 1.807) is 20.2 Å². The summed E-state index contributed by atoms with van der Waals surface area (Å²) in [6.45, 7) is 9.63. The molecule has 0 bridgehead atoms. The normalized spacial score (nSPS) is 26.6. The van der Waals surface area contributed by atoms with E-state index in [-0.39, 0.29) is 34.5 Å². The Bertz CT molecular complexity index is 4200. The molecule has 15 rings (SSSR count). The minimum Gasteiger partial charge on any atom is -0.383 e. The average molecular weight is 1530 g/mol. The number of nitrogens with two attached hydrogens (primary N) is 3. The third kappa shape index (κ3) is 21.0. The highest BCUT2D eigenvalue weighted by Gasteiger charge is 2.48. The number of carbonyl (C=O) groups is 7. The van der Waals surface area contributed by atoms with Crippen LogP contribution in [0.3, 0.4) is 0 Å². The van der Waals surface area contributed by atoms with Gasteiger partial charge in [-0.25, -0.2) is 4.39 Å². The molecule has 8 fully saturated rings. The van der Waals surface area contributed by atoms with Crippen LogP contribution in [0, 0.1) is 26.6 Å². The summed E-state index contributed by atoms with van der Waals surface area (Å²) >= 11 is 0. The number of benzene rings is 7. The second-order valence-electron chi connectivity index (χ2n) is 32.2. The van der Waals surface area contributed by atoms with Gasteiger partial charge in [0.2, 0.25) is 0 Å². The number of ether oxygens (including phenoxy) is 1. The number of likely N-dealkylation sites (tertiary alicyclic amines) is 1. The topological polar surface area (TPSA) is 246 Å². The van der Waals surface area contributed by atoms with Crippen molar-refractivity contribution in [3.05, 3.63) is 250 Å². The Kier molecular flexibility index (Phi) is 32.7. The molecular weight excluding hydrogens is 1400 g/mol. The van der Waals surface area contributed by atoms with Crippen LogP contribution >= 0.6 is 0 Å². The molecule has 0 aromatic heterocycles. The Morgan fingerprint density at radius 1 is 0.357 bits per heavy atom. The molecule has 7 aliphatic carbocycles. The fourth-order valence-corrected chi connectivity index (χ4v) is 18.1. The van der Waals surface area contributed by atoms with E-state index in [1.165, 1.54) is 48.1 Å². The maximum absolute atomic E-state index is 13.2. The van der Waals surface area contributed by atoms with Gasteiger partial charge in [0.25, 0.3) is 0 Å². The first kappa shape index (κ1) is 87.8. The van der Waals surface area contributed by atoms with Crippen molar-refractivity contribution < 1.29 is 42.7 Å². The van der Waals surface area contributed by atoms with Gasteiger partial charge in [-0.15, -0.1) is 0 Å². The van der Waals surface area contributed by atoms with Crippen molar-refractivity contribution in [2.24, 2.45) is 17.2 Å². The van der Waals surface area contributed by atoms with Crippen molar-refractivity contribution >= 4 is 40.5 Å². The van der Waals surface area contributed by atoms with E-state index >= 15 is 0 Å². The van der Waals surface area contributed by atoms with Crippen LogP contribution in [0.2, 0.25) is 0 Å². The SMILES string of the molecule is CNC1(c2ccc(C)cc2)CCCCC1=O.CNC1(c2cccc(F)c2)CCCCC1=O.COCCNC1(c2ccccc2)CCCCC1=O.Cc1ccc(C2(N)CCCCC2=O)cc1.Cc1ccccc1C1(N)CCCCC1=O.NC1(c2ccccc2)CCCCC1=O.O=C1CCCCC1(c1ccccc1)N1CCCC1. The minimum absolute atomic E-state index is 0.173. The third-order valence-corrected chi connectivity index (χ3v) is 25.0. The standard InChI is InChI=1S/C16H21NO.C15H21NO2.C14H19NO.C13H16FNO.2C13H17NO.C12H15NO/c18-15-10-4-5-11-16(15,17-12-6-7-13-17)14-8-2-1-3-9-14;1-18-12-11-16-15(10-6-5-9-14(15)17)13-7-3-2-4-8-13;1-11-6-8-12(9-7-11)14(15-2)10-4-3-5-13(14)16;1-15-13(8-3-2-7-12(13)16)10-5-4-6-11(14)9-10;1-10-6-2-3-7-11(10)13(14)9-5-4-8-12(13)15;1-10-5-7-11(8-6-10)13(14)9-3-2-4-12(13)15;13-12(9-5-4-8-11(12)14)10-6-2-1-3-7-10/h1-3,8-9H,4-7,10-13H2;2-4,7-8,16H,5-6,9-12H2,1H3;6-9,15H,3-5,10H2,1-2H3;4-6,9,15H,2-3,7-8H2,1H3;2-3,6-7H,4-5,8-9,14H2,1H3;5-8H,2-4,9,14H2,1H3;1-3,6-7H,4-5,8-9,13H2. The van der Waals surface area contributed by atoms with Crippen molar-refractivity contribution in [1.29, 1.82) is 0 Å². The van der Waals surface area contributed by atoms with Gasteiger partial charge in [0, 0.05) is 58.6 Å². The number of hydrogen-bond donors (Lipinski definition) is 6. The monoisotopic (exact) mass is 1520 g/mol. The first-order valence-electron chi connectivity index (χ1n) is 41.6. The zero-order valence-corrected chi connectivity index (χ0v) is 67.8. The molecule has 7 unspecified atom stereocenters. The van der Waals surface area contributed by atoms with Crippen molar-refractivity contribution in [3.8, 4) is 0 Å². The highest BCUT2D eigenvalue weighted by Crippen LogP contribution is 2.43. The quantitative estimate of drug-likeness (QED) is 0.0554. The van der Waals surface area contributed by atoms with Gasteiger partial charge >= 0.3 is 0 Å². The molecule has 7 saturated carbocycles. The molecule has 1 aliphatic heterocycles. The second-order valence-corrected chi connectivity index (χ2v) is 32.2. The minimum atomic E-state index is -0.719. The number of aryl methyl sites for hydroxylation is 3. The molecule has 9 N–H and O–H groups in total. The lowest BCUT2D eigenvalue weighted by Gasteiger charge is -2.43. The number of nitrogens with zero attached hydrogens (tertiary/aromatic N) is 1. The fraction of sp³-hybridized carbons (Fsp3) is 0.490. The van der Waals surface area contributed by atoms with Gasteiger partial charge in [0.05, 0.1) is 6.61 Å². The molecule has 7 atom stereocenters.